The summed E-state index contributed by atoms with van der Waals surface area (Å²) in [6, 6.07) is 7.52. The van der Waals surface area contributed by atoms with Crippen LogP contribution in [0.1, 0.15) is 26.6 Å². The zero-order valence-corrected chi connectivity index (χ0v) is 12.7. The Morgan fingerprint density at radius 3 is 2.50 bits per heavy atom. The van der Waals surface area contributed by atoms with E-state index in [2.05, 4.69) is 35.4 Å². The minimum absolute atomic E-state index is 0.0143. The molecule has 0 atom stereocenters. The van der Waals surface area contributed by atoms with Gasteiger partial charge in [0.2, 0.25) is 5.13 Å². The van der Waals surface area contributed by atoms with Gasteiger partial charge in [0, 0.05) is 22.6 Å². The fourth-order valence-corrected chi connectivity index (χ4v) is 2.28. The van der Waals surface area contributed by atoms with E-state index in [0.29, 0.717) is 6.61 Å². The Kier molecular flexibility index (Phi) is 4.57. The minimum atomic E-state index is -0.0432. The average Bonchev–Trinajstić information content (AvgIpc) is 2.86. The highest BCUT2D eigenvalue weighted by molar-refractivity contribution is 7.09. The Bertz CT molecular complexity index is 546. The lowest BCUT2D eigenvalue weighted by atomic mass is 9.96. The number of rotatable bonds is 5. The third-order valence-electron chi connectivity index (χ3n) is 2.56. The van der Waals surface area contributed by atoms with Crippen molar-refractivity contribution >= 4 is 22.4 Å². The maximum Gasteiger partial charge on any atom is 0.207 e. The molecule has 0 aliphatic heterocycles. The molecule has 0 saturated heterocycles. The highest BCUT2D eigenvalue weighted by atomic mass is 32.1. The van der Waals surface area contributed by atoms with Gasteiger partial charge in [-0.25, -0.2) is 4.98 Å². The number of aromatic nitrogens is 2. The molecule has 0 aliphatic rings. The smallest absolute Gasteiger partial charge is 0.207 e. The summed E-state index contributed by atoms with van der Waals surface area (Å²) in [5, 5.41) is 12.7. The third kappa shape index (κ3) is 3.91. The normalized spacial score (nSPS) is 11.4. The molecule has 5 nitrogen and oxygen atoms in total. The summed E-state index contributed by atoms with van der Waals surface area (Å²) < 4.78 is 9.66. The number of ether oxygens (including phenoxy) is 1. The van der Waals surface area contributed by atoms with Crippen LogP contribution in [0.25, 0.3) is 0 Å². The van der Waals surface area contributed by atoms with Crippen LogP contribution < -0.4 is 10.1 Å². The molecule has 0 saturated carbocycles. The highest BCUT2D eigenvalue weighted by Crippen LogP contribution is 2.25. The van der Waals surface area contributed by atoms with Gasteiger partial charge in [0.1, 0.15) is 18.2 Å². The van der Waals surface area contributed by atoms with E-state index in [1.54, 1.807) is 0 Å². The van der Waals surface area contributed by atoms with Crippen molar-refractivity contribution in [2.24, 2.45) is 0 Å². The second-order valence-corrected chi connectivity index (χ2v) is 6.15. The number of nitrogens with zero attached hydrogens (tertiary/aromatic N) is 2. The van der Waals surface area contributed by atoms with Crippen LogP contribution in [0.5, 0.6) is 5.75 Å². The Balaban J connectivity index is 2.01. The molecule has 0 spiro atoms. The first-order chi connectivity index (χ1) is 9.49. The molecule has 1 aromatic carbocycles. The summed E-state index contributed by atoms with van der Waals surface area (Å²) in [6.45, 7) is 6.59. The largest absolute Gasteiger partial charge is 0.491 e. The van der Waals surface area contributed by atoms with Gasteiger partial charge in [-0.2, -0.15) is 4.37 Å². The second-order valence-electron chi connectivity index (χ2n) is 5.39. The van der Waals surface area contributed by atoms with Crippen molar-refractivity contribution in [3.8, 4) is 5.75 Å². The van der Waals surface area contributed by atoms with Crippen molar-refractivity contribution in [1.29, 1.82) is 0 Å². The second kappa shape index (κ2) is 6.19. The van der Waals surface area contributed by atoms with Gasteiger partial charge in [-0.3, -0.25) is 0 Å². The van der Waals surface area contributed by atoms with Gasteiger partial charge in [0.05, 0.1) is 6.61 Å². The van der Waals surface area contributed by atoms with Crippen molar-refractivity contribution in [3.05, 3.63) is 30.1 Å². The van der Waals surface area contributed by atoms with Crippen LogP contribution in [0.4, 0.5) is 10.8 Å². The third-order valence-corrected chi connectivity index (χ3v) is 3.19. The summed E-state index contributed by atoms with van der Waals surface area (Å²) in [4.78, 5) is 4.48. The molecule has 2 N–H and O–H groups in total. The van der Waals surface area contributed by atoms with Crippen molar-refractivity contribution in [2.45, 2.75) is 26.2 Å². The molecule has 2 rings (SSSR count). The Morgan fingerprint density at radius 2 is 1.95 bits per heavy atom. The lowest BCUT2D eigenvalue weighted by Gasteiger charge is -2.12. The summed E-state index contributed by atoms with van der Waals surface area (Å²) in [7, 11) is 0. The first-order valence-electron chi connectivity index (χ1n) is 6.44. The fourth-order valence-electron chi connectivity index (χ4n) is 1.50. The first kappa shape index (κ1) is 14.7. The van der Waals surface area contributed by atoms with Crippen LogP contribution in [-0.2, 0) is 5.41 Å². The Morgan fingerprint density at radius 1 is 1.25 bits per heavy atom. The molecule has 1 aromatic heterocycles. The van der Waals surface area contributed by atoms with Gasteiger partial charge < -0.3 is 15.2 Å². The minimum Gasteiger partial charge on any atom is -0.491 e. The van der Waals surface area contributed by atoms with E-state index in [1.165, 1.54) is 11.5 Å². The monoisotopic (exact) mass is 293 g/mol. The van der Waals surface area contributed by atoms with E-state index in [-0.39, 0.29) is 12.0 Å². The zero-order valence-electron chi connectivity index (χ0n) is 11.9. The zero-order chi connectivity index (χ0) is 14.6. The fraction of sp³-hybridized carbons (Fsp3) is 0.429. The lowest BCUT2D eigenvalue weighted by Crippen LogP contribution is -2.13. The topological polar surface area (TPSA) is 67.3 Å². The standard InChI is InChI=1S/C14H19N3O2S/c1-14(2,3)12-16-13(20-17-12)15-10-4-6-11(7-5-10)19-9-8-18/h4-7,18H,8-9H2,1-3H3,(H,15,16,17). The predicted octanol–water partition coefficient (Wildman–Crippen LogP) is 2.95. The van der Waals surface area contributed by atoms with Crippen molar-refractivity contribution < 1.29 is 9.84 Å². The highest BCUT2D eigenvalue weighted by Gasteiger charge is 2.19. The number of aliphatic hydroxyl groups excluding tert-OH is 1. The molecule has 0 unspecified atom stereocenters. The van der Waals surface area contributed by atoms with Gasteiger partial charge in [0.15, 0.2) is 0 Å². The summed E-state index contributed by atoms with van der Waals surface area (Å²) in [5.41, 5.74) is 0.885. The van der Waals surface area contributed by atoms with Gasteiger partial charge in [-0.15, -0.1) is 0 Å². The predicted molar refractivity (Wildman–Crippen MR) is 80.9 cm³/mol. The molecule has 20 heavy (non-hydrogen) atoms. The number of benzene rings is 1. The van der Waals surface area contributed by atoms with E-state index >= 15 is 0 Å². The van der Waals surface area contributed by atoms with Crippen LogP contribution in [0.2, 0.25) is 0 Å². The molecule has 0 aliphatic carbocycles. The van der Waals surface area contributed by atoms with Crippen molar-refractivity contribution in [2.75, 3.05) is 18.5 Å². The van der Waals surface area contributed by atoms with E-state index < -0.39 is 0 Å². The summed E-state index contributed by atoms with van der Waals surface area (Å²) in [5.74, 6) is 1.57. The van der Waals surface area contributed by atoms with Crippen LogP contribution in [-0.4, -0.2) is 27.7 Å². The van der Waals surface area contributed by atoms with Gasteiger partial charge in [-0.1, -0.05) is 20.8 Å². The maximum atomic E-state index is 8.69. The van der Waals surface area contributed by atoms with Crippen molar-refractivity contribution in [3.63, 3.8) is 0 Å². The molecule has 108 valence electrons. The van der Waals surface area contributed by atoms with Crippen LogP contribution >= 0.6 is 11.5 Å². The molecule has 2 aromatic rings. The lowest BCUT2D eigenvalue weighted by molar-refractivity contribution is 0.201. The molecule has 0 amide bonds. The van der Waals surface area contributed by atoms with Gasteiger partial charge >= 0.3 is 0 Å². The van der Waals surface area contributed by atoms with Gasteiger partial charge in [-0.05, 0) is 24.3 Å². The molecule has 1 heterocycles. The molecular weight excluding hydrogens is 274 g/mol. The molecule has 0 fully saturated rings. The first-order valence-corrected chi connectivity index (χ1v) is 7.21. The van der Waals surface area contributed by atoms with E-state index in [9.17, 15) is 0 Å². The Hall–Kier alpha value is -1.66. The molecule has 0 bridgehead atoms. The quantitative estimate of drug-likeness (QED) is 0.887. The van der Waals surface area contributed by atoms with E-state index in [0.717, 1.165) is 22.4 Å². The maximum absolute atomic E-state index is 8.69. The molecule has 0 radical (unpaired) electrons. The van der Waals surface area contributed by atoms with Crippen LogP contribution in [0, 0.1) is 0 Å². The van der Waals surface area contributed by atoms with Crippen molar-refractivity contribution in [1.82, 2.24) is 9.36 Å². The number of aliphatic hydroxyl groups is 1. The van der Waals surface area contributed by atoms with Crippen LogP contribution in [0.3, 0.4) is 0 Å². The average molecular weight is 293 g/mol. The number of nitrogens with one attached hydrogen (secondary N) is 1. The Labute approximate surface area is 122 Å². The summed E-state index contributed by atoms with van der Waals surface area (Å²) >= 11 is 1.35. The van der Waals surface area contributed by atoms with E-state index in [1.807, 2.05) is 24.3 Å². The molecule has 6 heteroatoms. The van der Waals surface area contributed by atoms with Gasteiger partial charge in [0.25, 0.3) is 0 Å². The number of hydrogen-bond acceptors (Lipinski definition) is 6. The van der Waals surface area contributed by atoms with Crippen LogP contribution in [0.15, 0.2) is 24.3 Å². The summed E-state index contributed by atoms with van der Waals surface area (Å²) in [6.07, 6.45) is 0. The van der Waals surface area contributed by atoms with E-state index in [4.69, 9.17) is 9.84 Å². The number of hydrogen-bond donors (Lipinski definition) is 2. The number of anilines is 2. The molecular formula is C14H19N3O2S. The SMILES string of the molecule is CC(C)(C)c1nsc(Nc2ccc(OCCO)cc2)n1.